The zero-order valence-corrected chi connectivity index (χ0v) is 14.3. The van der Waals surface area contributed by atoms with Crippen LogP contribution in [0.5, 0.6) is 0 Å². The molecule has 0 saturated carbocycles. The van der Waals surface area contributed by atoms with Gasteiger partial charge >= 0.3 is 0 Å². The Morgan fingerprint density at radius 3 is 2.70 bits per heavy atom. The number of benzene rings is 1. The zero-order valence-electron chi connectivity index (χ0n) is 11.9. The van der Waals surface area contributed by atoms with Gasteiger partial charge < -0.3 is 5.32 Å². The first kappa shape index (κ1) is 15.7. The van der Waals surface area contributed by atoms with Gasteiger partial charge in [-0.1, -0.05) is 26.0 Å². The molecule has 1 aromatic heterocycles. The molecule has 1 aromatic carbocycles. The minimum atomic E-state index is -0.222. The topological polar surface area (TPSA) is 12.0 Å². The SMILES string of the molecule is CC(NCC(C)(C)c1cccs1)c1ccc(F)c(Br)c1. The van der Waals surface area contributed by atoms with Crippen molar-refractivity contribution in [1.29, 1.82) is 0 Å². The van der Waals surface area contributed by atoms with Gasteiger partial charge in [-0.2, -0.15) is 0 Å². The molecule has 0 aliphatic rings. The molecular formula is C16H19BrFNS. The molecule has 2 aromatic rings. The molecule has 0 bridgehead atoms. The molecule has 20 heavy (non-hydrogen) atoms. The van der Waals surface area contributed by atoms with E-state index in [1.54, 1.807) is 11.3 Å². The minimum Gasteiger partial charge on any atom is -0.309 e. The van der Waals surface area contributed by atoms with Crippen LogP contribution in [0.15, 0.2) is 40.2 Å². The summed E-state index contributed by atoms with van der Waals surface area (Å²) in [6, 6.07) is 9.61. The molecular weight excluding hydrogens is 337 g/mol. The van der Waals surface area contributed by atoms with Gasteiger partial charge in [0.25, 0.3) is 0 Å². The first-order valence-electron chi connectivity index (χ1n) is 6.62. The molecule has 1 N–H and O–H groups in total. The highest BCUT2D eigenvalue weighted by atomic mass is 79.9. The fourth-order valence-electron chi connectivity index (χ4n) is 2.06. The lowest BCUT2D eigenvalue weighted by Gasteiger charge is -2.26. The predicted octanol–water partition coefficient (Wildman–Crippen LogP) is 5.28. The van der Waals surface area contributed by atoms with E-state index in [0.29, 0.717) is 4.47 Å². The number of thiophene rings is 1. The standard InChI is InChI=1S/C16H19BrFNS/c1-11(12-6-7-14(18)13(17)9-12)19-10-16(2,3)15-5-4-8-20-15/h4-9,11,19H,10H2,1-3H3. The van der Waals surface area contributed by atoms with Crippen LogP contribution in [0.2, 0.25) is 0 Å². The molecule has 0 spiro atoms. The Labute approximate surface area is 132 Å². The third-order valence-electron chi connectivity index (χ3n) is 3.48. The van der Waals surface area contributed by atoms with Gasteiger partial charge in [0.2, 0.25) is 0 Å². The van der Waals surface area contributed by atoms with Gasteiger partial charge in [0.15, 0.2) is 0 Å². The van der Waals surface area contributed by atoms with Crippen LogP contribution in [0.3, 0.4) is 0 Å². The summed E-state index contributed by atoms with van der Waals surface area (Å²) in [5.41, 5.74) is 1.18. The second-order valence-electron chi connectivity index (χ2n) is 5.64. The molecule has 0 fully saturated rings. The van der Waals surface area contributed by atoms with Gasteiger partial charge in [0.05, 0.1) is 4.47 Å². The van der Waals surface area contributed by atoms with Crippen molar-refractivity contribution in [2.24, 2.45) is 0 Å². The molecule has 0 aliphatic heterocycles. The lowest BCUT2D eigenvalue weighted by Crippen LogP contribution is -2.33. The lowest BCUT2D eigenvalue weighted by molar-refractivity contribution is 0.441. The predicted molar refractivity (Wildman–Crippen MR) is 87.9 cm³/mol. The Kier molecular flexibility index (Phi) is 4.99. The molecule has 108 valence electrons. The average molecular weight is 356 g/mol. The van der Waals surface area contributed by atoms with E-state index in [4.69, 9.17) is 0 Å². The molecule has 4 heteroatoms. The summed E-state index contributed by atoms with van der Waals surface area (Å²) in [7, 11) is 0. The normalized spacial score (nSPS) is 13.4. The fraction of sp³-hybridized carbons (Fsp3) is 0.375. The van der Waals surface area contributed by atoms with E-state index in [1.165, 1.54) is 10.9 Å². The quantitative estimate of drug-likeness (QED) is 0.769. The molecule has 0 aliphatic carbocycles. The van der Waals surface area contributed by atoms with E-state index in [-0.39, 0.29) is 17.3 Å². The van der Waals surface area contributed by atoms with Crippen molar-refractivity contribution >= 4 is 27.3 Å². The van der Waals surface area contributed by atoms with Crippen molar-refractivity contribution in [1.82, 2.24) is 5.32 Å². The van der Waals surface area contributed by atoms with Crippen molar-refractivity contribution in [3.8, 4) is 0 Å². The van der Waals surface area contributed by atoms with Gasteiger partial charge in [-0.05, 0) is 52.0 Å². The molecule has 1 nitrogen and oxygen atoms in total. The van der Waals surface area contributed by atoms with Gasteiger partial charge in [0, 0.05) is 22.9 Å². The Morgan fingerprint density at radius 1 is 1.35 bits per heavy atom. The van der Waals surface area contributed by atoms with Crippen LogP contribution in [0.1, 0.15) is 37.3 Å². The van der Waals surface area contributed by atoms with Gasteiger partial charge in [-0.15, -0.1) is 11.3 Å². The summed E-state index contributed by atoms with van der Waals surface area (Å²) < 4.78 is 13.8. The Bertz CT molecular complexity index is 566. The molecule has 1 atom stereocenters. The second kappa shape index (κ2) is 6.37. The maximum atomic E-state index is 13.3. The summed E-state index contributed by atoms with van der Waals surface area (Å²) in [6.07, 6.45) is 0. The lowest BCUT2D eigenvalue weighted by atomic mass is 9.91. The van der Waals surface area contributed by atoms with Crippen LogP contribution < -0.4 is 5.32 Å². The largest absolute Gasteiger partial charge is 0.309 e. The monoisotopic (exact) mass is 355 g/mol. The highest BCUT2D eigenvalue weighted by Crippen LogP contribution is 2.28. The fourth-order valence-corrected chi connectivity index (χ4v) is 3.31. The molecule has 1 heterocycles. The highest BCUT2D eigenvalue weighted by Gasteiger charge is 2.22. The van der Waals surface area contributed by atoms with Crippen molar-refractivity contribution < 1.29 is 4.39 Å². The number of halogens is 2. The Balaban J connectivity index is 2.01. The van der Waals surface area contributed by atoms with Crippen LogP contribution in [0.4, 0.5) is 4.39 Å². The van der Waals surface area contributed by atoms with E-state index in [9.17, 15) is 4.39 Å². The first-order chi connectivity index (χ1) is 9.40. The average Bonchev–Trinajstić information content (AvgIpc) is 2.94. The Hall–Kier alpha value is -0.710. The summed E-state index contributed by atoms with van der Waals surface area (Å²) >= 11 is 5.02. The second-order valence-corrected chi connectivity index (χ2v) is 7.44. The summed E-state index contributed by atoms with van der Waals surface area (Å²) in [5, 5.41) is 5.65. The van der Waals surface area contributed by atoms with E-state index in [0.717, 1.165) is 12.1 Å². The number of rotatable bonds is 5. The first-order valence-corrected chi connectivity index (χ1v) is 8.30. The summed E-state index contributed by atoms with van der Waals surface area (Å²) in [4.78, 5) is 1.37. The number of hydrogen-bond acceptors (Lipinski definition) is 2. The summed E-state index contributed by atoms with van der Waals surface area (Å²) in [5.74, 6) is -0.222. The minimum absolute atomic E-state index is 0.0969. The van der Waals surface area contributed by atoms with Gasteiger partial charge in [0.1, 0.15) is 5.82 Å². The van der Waals surface area contributed by atoms with Crippen molar-refractivity contribution in [2.45, 2.75) is 32.2 Å². The third kappa shape index (κ3) is 3.68. The molecule has 0 saturated heterocycles. The van der Waals surface area contributed by atoms with E-state index >= 15 is 0 Å². The van der Waals surface area contributed by atoms with E-state index < -0.39 is 0 Å². The van der Waals surface area contributed by atoms with Gasteiger partial charge in [-0.25, -0.2) is 4.39 Å². The maximum absolute atomic E-state index is 13.3. The summed E-state index contributed by atoms with van der Waals surface area (Å²) in [6.45, 7) is 7.45. The zero-order chi connectivity index (χ0) is 14.8. The third-order valence-corrected chi connectivity index (χ3v) is 5.33. The van der Waals surface area contributed by atoms with Crippen molar-refractivity contribution in [3.05, 3.63) is 56.4 Å². The van der Waals surface area contributed by atoms with Crippen LogP contribution >= 0.6 is 27.3 Å². The van der Waals surface area contributed by atoms with Crippen LogP contribution in [0, 0.1) is 5.82 Å². The van der Waals surface area contributed by atoms with Gasteiger partial charge in [-0.3, -0.25) is 0 Å². The molecule has 2 rings (SSSR count). The molecule has 0 amide bonds. The van der Waals surface area contributed by atoms with E-state index in [2.05, 4.69) is 59.5 Å². The van der Waals surface area contributed by atoms with Crippen molar-refractivity contribution in [2.75, 3.05) is 6.54 Å². The van der Waals surface area contributed by atoms with Crippen LogP contribution in [-0.2, 0) is 5.41 Å². The highest BCUT2D eigenvalue weighted by molar-refractivity contribution is 9.10. The number of nitrogens with one attached hydrogen (secondary N) is 1. The molecule has 0 radical (unpaired) electrons. The van der Waals surface area contributed by atoms with E-state index in [1.807, 2.05) is 12.1 Å². The molecule has 1 unspecified atom stereocenters. The smallest absolute Gasteiger partial charge is 0.137 e. The number of hydrogen-bond donors (Lipinski definition) is 1. The van der Waals surface area contributed by atoms with Crippen LogP contribution in [-0.4, -0.2) is 6.54 Å². The van der Waals surface area contributed by atoms with Crippen LogP contribution in [0.25, 0.3) is 0 Å². The maximum Gasteiger partial charge on any atom is 0.137 e. The van der Waals surface area contributed by atoms with Crippen molar-refractivity contribution in [3.63, 3.8) is 0 Å². The Morgan fingerprint density at radius 2 is 2.10 bits per heavy atom.